The second-order valence-corrected chi connectivity index (χ2v) is 4.76. The van der Waals surface area contributed by atoms with E-state index < -0.39 is 0 Å². The summed E-state index contributed by atoms with van der Waals surface area (Å²) in [4.78, 5) is 11.0. The van der Waals surface area contributed by atoms with Crippen molar-refractivity contribution >= 4 is 11.4 Å². The molecule has 0 radical (unpaired) electrons. The lowest BCUT2D eigenvalue weighted by atomic mass is 9.95. The molecule has 90 valence electrons. The summed E-state index contributed by atoms with van der Waals surface area (Å²) in [5, 5.41) is 3.40. The van der Waals surface area contributed by atoms with Crippen LogP contribution in [0.1, 0.15) is 31.4 Å². The third kappa shape index (κ3) is 3.04. The quantitative estimate of drug-likeness (QED) is 0.863. The van der Waals surface area contributed by atoms with Crippen molar-refractivity contribution in [2.75, 3.05) is 13.1 Å². The van der Waals surface area contributed by atoms with E-state index in [2.05, 4.69) is 36.5 Å². The molecule has 2 heteroatoms. The van der Waals surface area contributed by atoms with Gasteiger partial charge in [-0.05, 0) is 43.5 Å². The molecule has 2 nitrogen and oxygen atoms in total. The molecule has 0 amide bonds. The maximum absolute atomic E-state index is 11.0. The van der Waals surface area contributed by atoms with Crippen LogP contribution in [0, 0.1) is 0 Å². The SMILES string of the molecule is CC(=O)Cc1ccc(C2=C(C)CCNC2)cc1. The minimum absolute atomic E-state index is 0.215. The molecule has 1 aliphatic rings. The summed E-state index contributed by atoms with van der Waals surface area (Å²) in [7, 11) is 0. The topological polar surface area (TPSA) is 29.1 Å². The molecule has 0 atom stereocenters. The maximum atomic E-state index is 11.0. The molecule has 17 heavy (non-hydrogen) atoms. The Kier molecular flexibility index (Phi) is 3.75. The highest BCUT2D eigenvalue weighted by Crippen LogP contribution is 2.23. The van der Waals surface area contributed by atoms with E-state index in [-0.39, 0.29) is 5.78 Å². The molecule has 1 heterocycles. The lowest BCUT2D eigenvalue weighted by Gasteiger charge is -2.19. The average Bonchev–Trinajstić information content (AvgIpc) is 2.30. The molecule has 0 saturated carbocycles. The molecule has 0 unspecified atom stereocenters. The van der Waals surface area contributed by atoms with Gasteiger partial charge in [0.05, 0.1) is 0 Å². The number of nitrogens with one attached hydrogen (secondary N) is 1. The highest BCUT2D eigenvalue weighted by molar-refractivity contribution is 5.78. The van der Waals surface area contributed by atoms with Gasteiger partial charge in [0.15, 0.2) is 0 Å². The molecule has 0 bridgehead atoms. The van der Waals surface area contributed by atoms with Crippen molar-refractivity contribution in [1.82, 2.24) is 5.32 Å². The third-order valence-corrected chi connectivity index (χ3v) is 3.25. The van der Waals surface area contributed by atoms with Crippen LogP contribution in [0.5, 0.6) is 0 Å². The molecule has 0 spiro atoms. The Morgan fingerprint density at radius 2 is 2.00 bits per heavy atom. The second-order valence-electron chi connectivity index (χ2n) is 4.76. The number of hydrogen-bond acceptors (Lipinski definition) is 2. The summed E-state index contributed by atoms with van der Waals surface area (Å²) in [5.74, 6) is 0.215. The minimum Gasteiger partial charge on any atom is -0.312 e. The van der Waals surface area contributed by atoms with E-state index in [1.807, 2.05) is 0 Å². The fourth-order valence-electron chi connectivity index (χ4n) is 2.25. The number of hydrogen-bond donors (Lipinski definition) is 1. The van der Waals surface area contributed by atoms with Crippen LogP contribution in [0.2, 0.25) is 0 Å². The Bertz CT molecular complexity index is 442. The Hall–Kier alpha value is -1.41. The van der Waals surface area contributed by atoms with Crippen molar-refractivity contribution in [3.8, 4) is 0 Å². The zero-order valence-corrected chi connectivity index (χ0v) is 10.5. The molecule has 2 rings (SSSR count). The van der Waals surface area contributed by atoms with Gasteiger partial charge in [0, 0.05) is 13.0 Å². The predicted octanol–water partition coefficient (Wildman–Crippen LogP) is 2.58. The summed E-state index contributed by atoms with van der Waals surface area (Å²) in [5.41, 5.74) is 5.26. The molecule has 1 N–H and O–H groups in total. The van der Waals surface area contributed by atoms with Gasteiger partial charge in [-0.15, -0.1) is 0 Å². The molecule has 0 aliphatic carbocycles. The Morgan fingerprint density at radius 1 is 1.29 bits per heavy atom. The van der Waals surface area contributed by atoms with E-state index in [4.69, 9.17) is 0 Å². The first-order valence-electron chi connectivity index (χ1n) is 6.15. The maximum Gasteiger partial charge on any atom is 0.134 e. The third-order valence-electron chi connectivity index (χ3n) is 3.25. The number of Topliss-reactive ketones (excluding diaryl/α,β-unsaturated/α-hetero) is 1. The molecule has 1 aromatic carbocycles. The zero-order valence-electron chi connectivity index (χ0n) is 10.5. The van der Waals surface area contributed by atoms with Gasteiger partial charge < -0.3 is 5.32 Å². The molecule has 0 aromatic heterocycles. The van der Waals surface area contributed by atoms with Gasteiger partial charge in [-0.2, -0.15) is 0 Å². The normalized spacial score (nSPS) is 16.1. The van der Waals surface area contributed by atoms with Crippen LogP contribution in [-0.2, 0) is 11.2 Å². The van der Waals surface area contributed by atoms with Crippen molar-refractivity contribution in [3.63, 3.8) is 0 Å². The highest BCUT2D eigenvalue weighted by Gasteiger charge is 2.10. The Morgan fingerprint density at radius 3 is 2.59 bits per heavy atom. The van der Waals surface area contributed by atoms with Crippen LogP contribution in [0.3, 0.4) is 0 Å². The van der Waals surface area contributed by atoms with Crippen molar-refractivity contribution in [1.29, 1.82) is 0 Å². The number of rotatable bonds is 3. The smallest absolute Gasteiger partial charge is 0.134 e. The van der Waals surface area contributed by atoms with E-state index in [9.17, 15) is 4.79 Å². The van der Waals surface area contributed by atoms with Gasteiger partial charge in [0.2, 0.25) is 0 Å². The Balaban J connectivity index is 2.20. The van der Waals surface area contributed by atoms with Crippen LogP contribution in [0.4, 0.5) is 0 Å². The van der Waals surface area contributed by atoms with E-state index in [0.29, 0.717) is 6.42 Å². The monoisotopic (exact) mass is 229 g/mol. The van der Waals surface area contributed by atoms with Gasteiger partial charge in [-0.25, -0.2) is 0 Å². The summed E-state index contributed by atoms with van der Waals surface area (Å²) in [6.45, 7) is 5.88. The molecular weight excluding hydrogens is 210 g/mol. The lowest BCUT2D eigenvalue weighted by Crippen LogP contribution is -2.23. The van der Waals surface area contributed by atoms with E-state index in [1.54, 1.807) is 6.92 Å². The van der Waals surface area contributed by atoms with Gasteiger partial charge >= 0.3 is 0 Å². The van der Waals surface area contributed by atoms with Crippen LogP contribution in [-0.4, -0.2) is 18.9 Å². The van der Waals surface area contributed by atoms with Gasteiger partial charge in [-0.3, -0.25) is 4.79 Å². The predicted molar refractivity (Wildman–Crippen MR) is 70.9 cm³/mol. The first-order valence-corrected chi connectivity index (χ1v) is 6.15. The van der Waals surface area contributed by atoms with Crippen molar-refractivity contribution in [3.05, 3.63) is 41.0 Å². The van der Waals surface area contributed by atoms with E-state index in [1.165, 1.54) is 16.7 Å². The summed E-state index contributed by atoms with van der Waals surface area (Å²) < 4.78 is 0. The molecule has 0 saturated heterocycles. The summed E-state index contributed by atoms with van der Waals surface area (Å²) >= 11 is 0. The first-order chi connectivity index (χ1) is 8.16. The molecular formula is C15H19NO. The van der Waals surface area contributed by atoms with Crippen molar-refractivity contribution < 1.29 is 4.79 Å². The summed E-state index contributed by atoms with van der Waals surface area (Å²) in [6, 6.07) is 8.38. The number of benzene rings is 1. The van der Waals surface area contributed by atoms with Crippen molar-refractivity contribution in [2.24, 2.45) is 0 Å². The largest absolute Gasteiger partial charge is 0.312 e. The zero-order chi connectivity index (χ0) is 12.3. The van der Waals surface area contributed by atoms with Gasteiger partial charge in [-0.1, -0.05) is 29.8 Å². The van der Waals surface area contributed by atoms with Crippen LogP contribution in [0.25, 0.3) is 5.57 Å². The minimum atomic E-state index is 0.215. The molecule has 1 aromatic rings. The fourth-order valence-corrected chi connectivity index (χ4v) is 2.25. The second kappa shape index (κ2) is 5.28. The van der Waals surface area contributed by atoms with Crippen LogP contribution in [0.15, 0.2) is 29.8 Å². The molecule has 0 fully saturated rings. The van der Waals surface area contributed by atoms with Crippen LogP contribution >= 0.6 is 0 Å². The highest BCUT2D eigenvalue weighted by atomic mass is 16.1. The summed E-state index contributed by atoms with van der Waals surface area (Å²) in [6.07, 6.45) is 1.67. The first kappa shape index (κ1) is 12.1. The van der Waals surface area contributed by atoms with E-state index >= 15 is 0 Å². The Labute approximate surface area is 103 Å². The van der Waals surface area contributed by atoms with E-state index in [0.717, 1.165) is 25.1 Å². The van der Waals surface area contributed by atoms with Crippen LogP contribution < -0.4 is 5.32 Å². The van der Waals surface area contributed by atoms with Gasteiger partial charge in [0.1, 0.15) is 5.78 Å². The standard InChI is InChI=1S/C15H19NO/c1-11-7-8-16-10-15(11)14-5-3-13(4-6-14)9-12(2)17/h3-6,16H,7-10H2,1-2H3. The molecule has 1 aliphatic heterocycles. The number of carbonyl (C=O) groups excluding carboxylic acids is 1. The fraction of sp³-hybridized carbons (Fsp3) is 0.400. The van der Waals surface area contributed by atoms with Gasteiger partial charge in [0.25, 0.3) is 0 Å². The lowest BCUT2D eigenvalue weighted by molar-refractivity contribution is -0.116. The van der Waals surface area contributed by atoms with Crippen molar-refractivity contribution in [2.45, 2.75) is 26.7 Å². The number of carbonyl (C=O) groups is 1. The number of ketones is 1. The average molecular weight is 229 g/mol.